The molecule has 1 unspecified atom stereocenters. The molecule has 6 heteroatoms. The molecule has 0 saturated carbocycles. The van der Waals surface area contributed by atoms with Gasteiger partial charge in [-0.25, -0.2) is 0 Å². The molecule has 158 valence electrons. The maximum atomic E-state index is 13.1. The molecule has 0 radical (unpaired) electrons. The second kappa shape index (κ2) is 9.87. The highest BCUT2D eigenvalue weighted by atomic mass is 16.5. The molecule has 2 aromatic carbocycles. The zero-order valence-electron chi connectivity index (χ0n) is 17.8. The monoisotopic (exact) mass is 409 g/mol. The zero-order valence-corrected chi connectivity index (χ0v) is 17.8. The van der Waals surface area contributed by atoms with Crippen molar-refractivity contribution in [3.05, 3.63) is 77.7 Å². The van der Waals surface area contributed by atoms with Crippen LogP contribution in [0.25, 0.3) is 0 Å². The third-order valence-corrected chi connectivity index (χ3v) is 4.96. The van der Waals surface area contributed by atoms with Crippen LogP contribution in [-0.4, -0.2) is 31.6 Å². The number of amides is 1. The number of nitrogens with zero attached hydrogens (tertiary/aromatic N) is 1. The minimum atomic E-state index is -0.170. The lowest BCUT2D eigenvalue weighted by Gasteiger charge is -2.27. The Bertz CT molecular complexity index is 981. The van der Waals surface area contributed by atoms with Gasteiger partial charge in [0, 0.05) is 6.54 Å². The van der Waals surface area contributed by atoms with Crippen LogP contribution >= 0.6 is 0 Å². The van der Waals surface area contributed by atoms with Crippen molar-refractivity contribution in [2.45, 2.75) is 26.5 Å². The van der Waals surface area contributed by atoms with Crippen LogP contribution < -0.4 is 14.2 Å². The standard InChI is InChI=1S/C24H27NO5/c1-5-25(17(2)18-9-8-10-19(15-18)27-3)24(26)23-14-13-20(30-23)16-29-22-12-7-6-11-21(22)28-4/h6-15,17H,5,16H2,1-4H3. The van der Waals surface area contributed by atoms with Gasteiger partial charge < -0.3 is 23.5 Å². The first-order chi connectivity index (χ1) is 14.6. The number of carbonyl (C=O) groups is 1. The van der Waals surface area contributed by atoms with Gasteiger partial charge in [0.2, 0.25) is 0 Å². The average molecular weight is 409 g/mol. The summed E-state index contributed by atoms with van der Waals surface area (Å²) in [4.78, 5) is 14.8. The molecule has 6 nitrogen and oxygen atoms in total. The first-order valence-corrected chi connectivity index (χ1v) is 9.86. The van der Waals surface area contributed by atoms with E-state index in [9.17, 15) is 4.79 Å². The highest BCUT2D eigenvalue weighted by Crippen LogP contribution is 2.28. The van der Waals surface area contributed by atoms with Gasteiger partial charge in [-0.3, -0.25) is 4.79 Å². The van der Waals surface area contributed by atoms with E-state index < -0.39 is 0 Å². The van der Waals surface area contributed by atoms with Crippen molar-refractivity contribution in [3.8, 4) is 17.2 Å². The summed E-state index contributed by atoms with van der Waals surface area (Å²) in [5, 5.41) is 0. The summed E-state index contributed by atoms with van der Waals surface area (Å²) in [7, 11) is 3.22. The lowest BCUT2D eigenvalue weighted by atomic mass is 10.1. The Kier molecular flexibility index (Phi) is 7.01. The van der Waals surface area contributed by atoms with Crippen molar-refractivity contribution in [1.82, 2.24) is 4.90 Å². The number of ether oxygens (including phenoxy) is 3. The molecule has 30 heavy (non-hydrogen) atoms. The van der Waals surface area contributed by atoms with E-state index in [0.29, 0.717) is 23.8 Å². The normalized spacial score (nSPS) is 11.6. The molecule has 0 N–H and O–H groups in total. The summed E-state index contributed by atoms with van der Waals surface area (Å²) in [5.74, 6) is 2.70. The van der Waals surface area contributed by atoms with Crippen LogP contribution in [0, 0.1) is 0 Å². The number of hydrogen-bond donors (Lipinski definition) is 0. The fourth-order valence-electron chi connectivity index (χ4n) is 3.27. The van der Waals surface area contributed by atoms with Crippen molar-refractivity contribution in [2.75, 3.05) is 20.8 Å². The minimum Gasteiger partial charge on any atom is -0.497 e. The highest BCUT2D eigenvalue weighted by Gasteiger charge is 2.24. The van der Waals surface area contributed by atoms with Crippen LogP contribution in [0.1, 0.15) is 41.8 Å². The van der Waals surface area contributed by atoms with Gasteiger partial charge in [0.25, 0.3) is 5.91 Å². The molecule has 3 rings (SSSR count). The molecule has 0 aliphatic heterocycles. The van der Waals surface area contributed by atoms with Crippen LogP contribution in [0.15, 0.2) is 65.1 Å². The number of hydrogen-bond acceptors (Lipinski definition) is 5. The summed E-state index contributed by atoms with van der Waals surface area (Å²) >= 11 is 0. The lowest BCUT2D eigenvalue weighted by Crippen LogP contribution is -2.33. The van der Waals surface area contributed by atoms with Gasteiger partial charge in [0.05, 0.1) is 20.3 Å². The molecule has 0 aliphatic rings. The van der Waals surface area contributed by atoms with Gasteiger partial charge >= 0.3 is 0 Å². The van der Waals surface area contributed by atoms with Crippen LogP contribution in [0.3, 0.4) is 0 Å². The van der Waals surface area contributed by atoms with E-state index in [-0.39, 0.29) is 24.3 Å². The predicted molar refractivity (Wildman–Crippen MR) is 114 cm³/mol. The lowest BCUT2D eigenvalue weighted by molar-refractivity contribution is 0.0665. The van der Waals surface area contributed by atoms with Gasteiger partial charge in [-0.05, 0) is 55.8 Å². The van der Waals surface area contributed by atoms with Crippen LogP contribution in [-0.2, 0) is 6.61 Å². The average Bonchev–Trinajstić information content (AvgIpc) is 3.27. The molecule has 0 saturated heterocycles. The number of benzene rings is 2. The molecule has 1 amide bonds. The van der Waals surface area contributed by atoms with Crippen LogP contribution in [0.2, 0.25) is 0 Å². The Morgan fingerprint density at radius 2 is 1.77 bits per heavy atom. The Labute approximate surface area is 177 Å². The third-order valence-electron chi connectivity index (χ3n) is 4.96. The number of para-hydroxylation sites is 2. The SMILES string of the molecule is CCN(C(=O)c1ccc(COc2ccccc2OC)o1)C(C)c1cccc(OC)c1. The Hall–Kier alpha value is -3.41. The van der Waals surface area contributed by atoms with Crippen molar-refractivity contribution in [3.63, 3.8) is 0 Å². The van der Waals surface area contributed by atoms with Gasteiger partial charge in [-0.1, -0.05) is 24.3 Å². The fraction of sp³-hybridized carbons (Fsp3) is 0.292. The summed E-state index contributed by atoms with van der Waals surface area (Å²) < 4.78 is 22.1. The van der Waals surface area contributed by atoms with E-state index >= 15 is 0 Å². The van der Waals surface area contributed by atoms with Crippen molar-refractivity contribution < 1.29 is 23.4 Å². The highest BCUT2D eigenvalue weighted by molar-refractivity contribution is 5.91. The number of rotatable bonds is 9. The summed E-state index contributed by atoms with van der Waals surface area (Å²) in [5.41, 5.74) is 0.996. The summed E-state index contributed by atoms with van der Waals surface area (Å²) in [6, 6.07) is 18.4. The Balaban J connectivity index is 1.70. The largest absolute Gasteiger partial charge is 0.497 e. The van der Waals surface area contributed by atoms with E-state index in [4.69, 9.17) is 18.6 Å². The number of carbonyl (C=O) groups excluding carboxylic acids is 1. The van der Waals surface area contributed by atoms with Gasteiger partial charge in [0.1, 0.15) is 18.1 Å². The second-order valence-corrected chi connectivity index (χ2v) is 6.75. The predicted octanol–water partition coefficient (Wildman–Crippen LogP) is 5.10. The molecular weight excluding hydrogens is 382 g/mol. The maximum absolute atomic E-state index is 13.1. The van der Waals surface area contributed by atoms with E-state index in [1.165, 1.54) is 0 Å². The molecule has 1 atom stereocenters. The smallest absolute Gasteiger partial charge is 0.290 e. The zero-order chi connectivity index (χ0) is 21.5. The van der Waals surface area contributed by atoms with Crippen LogP contribution in [0.4, 0.5) is 0 Å². The van der Waals surface area contributed by atoms with Crippen molar-refractivity contribution in [1.29, 1.82) is 0 Å². The quantitative estimate of drug-likeness (QED) is 0.492. The third kappa shape index (κ3) is 4.76. The maximum Gasteiger partial charge on any atom is 0.290 e. The second-order valence-electron chi connectivity index (χ2n) is 6.75. The summed E-state index contributed by atoms with van der Waals surface area (Å²) in [6.07, 6.45) is 0. The van der Waals surface area contributed by atoms with Crippen molar-refractivity contribution >= 4 is 5.91 Å². The first kappa shape index (κ1) is 21.3. The molecular formula is C24H27NO5. The Morgan fingerprint density at radius 3 is 2.47 bits per heavy atom. The molecule has 0 spiro atoms. The molecule has 0 aliphatic carbocycles. The first-order valence-electron chi connectivity index (χ1n) is 9.86. The van der Waals surface area contributed by atoms with E-state index in [0.717, 1.165) is 11.3 Å². The fourth-order valence-corrected chi connectivity index (χ4v) is 3.27. The molecule has 0 fully saturated rings. The van der Waals surface area contributed by atoms with Crippen LogP contribution in [0.5, 0.6) is 17.2 Å². The van der Waals surface area contributed by atoms with E-state index in [1.807, 2.05) is 62.4 Å². The molecule has 1 heterocycles. The molecule has 3 aromatic rings. The minimum absolute atomic E-state index is 0.129. The Morgan fingerprint density at radius 1 is 1.00 bits per heavy atom. The number of methoxy groups -OCH3 is 2. The van der Waals surface area contributed by atoms with E-state index in [1.54, 1.807) is 31.3 Å². The molecule has 0 bridgehead atoms. The topological polar surface area (TPSA) is 61.1 Å². The van der Waals surface area contributed by atoms with Gasteiger partial charge in [-0.2, -0.15) is 0 Å². The van der Waals surface area contributed by atoms with E-state index in [2.05, 4.69) is 0 Å². The summed E-state index contributed by atoms with van der Waals surface area (Å²) in [6.45, 7) is 4.68. The number of furan rings is 1. The van der Waals surface area contributed by atoms with Gasteiger partial charge in [-0.15, -0.1) is 0 Å². The molecule has 1 aromatic heterocycles. The van der Waals surface area contributed by atoms with Gasteiger partial charge in [0.15, 0.2) is 17.3 Å². The van der Waals surface area contributed by atoms with Crippen molar-refractivity contribution in [2.24, 2.45) is 0 Å².